The number of alkyl halides is 2. The molecule has 9 heteroatoms. The van der Waals surface area contributed by atoms with E-state index >= 15 is 0 Å². The van der Waals surface area contributed by atoms with Gasteiger partial charge in [-0.1, -0.05) is 6.07 Å². The number of methoxy groups -OCH3 is 1. The highest BCUT2D eigenvalue weighted by atomic mass is 32.2. The van der Waals surface area contributed by atoms with Gasteiger partial charge in [-0.3, -0.25) is 4.79 Å². The lowest BCUT2D eigenvalue weighted by atomic mass is 9.96. The van der Waals surface area contributed by atoms with Crippen molar-refractivity contribution in [3.63, 3.8) is 0 Å². The van der Waals surface area contributed by atoms with E-state index in [2.05, 4.69) is 0 Å². The summed E-state index contributed by atoms with van der Waals surface area (Å²) in [7, 11) is -2.19. The van der Waals surface area contributed by atoms with E-state index in [0.29, 0.717) is 12.8 Å². The van der Waals surface area contributed by atoms with Crippen LogP contribution in [0.2, 0.25) is 0 Å². The van der Waals surface area contributed by atoms with E-state index < -0.39 is 28.9 Å². The Bertz CT molecular complexity index is 778. The zero-order valence-corrected chi connectivity index (χ0v) is 17.3. The Morgan fingerprint density at radius 2 is 1.89 bits per heavy atom. The van der Waals surface area contributed by atoms with Gasteiger partial charge in [0.05, 0.1) is 18.0 Å². The van der Waals surface area contributed by atoms with Gasteiger partial charge in [0.25, 0.3) is 6.43 Å². The number of aryl methyl sites for hydroxylation is 2. The van der Waals surface area contributed by atoms with Crippen LogP contribution in [0.1, 0.15) is 24.0 Å². The Hall–Kier alpha value is -1.58. The van der Waals surface area contributed by atoms with E-state index in [1.54, 1.807) is 18.2 Å². The van der Waals surface area contributed by atoms with Crippen molar-refractivity contribution >= 4 is 15.9 Å². The maximum Gasteiger partial charge on any atom is 0.255 e. The molecule has 1 saturated heterocycles. The molecule has 0 saturated carbocycles. The van der Waals surface area contributed by atoms with E-state index in [-0.39, 0.29) is 37.0 Å². The van der Waals surface area contributed by atoms with Gasteiger partial charge in [0, 0.05) is 32.7 Å². The fourth-order valence-corrected chi connectivity index (χ4v) is 4.84. The van der Waals surface area contributed by atoms with E-state index in [0.717, 1.165) is 16.0 Å². The van der Waals surface area contributed by atoms with Gasteiger partial charge >= 0.3 is 0 Å². The van der Waals surface area contributed by atoms with E-state index in [1.807, 2.05) is 13.8 Å². The standard InChI is InChI=1S/C19H28F2N2O4S/c1-14-4-5-17(12-15(14)2)28(25,26)23-8-6-16(7-9-23)19(24)22(10-11-27-3)13-18(20)21/h4-5,12,16,18H,6-11,13H2,1-3H3. The number of nitrogens with zero attached hydrogens (tertiary/aromatic N) is 2. The Kier molecular flexibility index (Phi) is 7.91. The molecule has 0 aromatic heterocycles. The van der Waals surface area contributed by atoms with Crippen LogP contribution in [0.15, 0.2) is 23.1 Å². The summed E-state index contributed by atoms with van der Waals surface area (Å²) in [5.41, 5.74) is 1.91. The molecule has 6 nitrogen and oxygen atoms in total. The number of hydrogen-bond acceptors (Lipinski definition) is 4. The van der Waals surface area contributed by atoms with Crippen LogP contribution in [0.5, 0.6) is 0 Å². The first kappa shape index (κ1) is 22.7. The van der Waals surface area contributed by atoms with Crippen molar-refractivity contribution < 1.29 is 26.7 Å². The summed E-state index contributed by atoms with van der Waals surface area (Å²) in [5.74, 6) is -0.817. The minimum atomic E-state index is -3.64. The van der Waals surface area contributed by atoms with Gasteiger partial charge in [-0.2, -0.15) is 4.31 Å². The van der Waals surface area contributed by atoms with Crippen molar-refractivity contribution in [1.29, 1.82) is 0 Å². The number of amides is 1. The van der Waals surface area contributed by atoms with Crippen LogP contribution in [0.25, 0.3) is 0 Å². The minimum absolute atomic E-state index is 0.0980. The van der Waals surface area contributed by atoms with Crippen molar-refractivity contribution in [2.45, 2.75) is 38.0 Å². The molecular weight excluding hydrogens is 390 g/mol. The number of sulfonamides is 1. The van der Waals surface area contributed by atoms with Crippen molar-refractivity contribution in [2.75, 3.05) is 39.9 Å². The zero-order chi connectivity index (χ0) is 20.9. The van der Waals surface area contributed by atoms with Crippen LogP contribution in [-0.2, 0) is 19.6 Å². The van der Waals surface area contributed by atoms with E-state index in [4.69, 9.17) is 4.74 Å². The molecule has 0 atom stereocenters. The van der Waals surface area contributed by atoms with Crippen molar-refractivity contribution in [3.05, 3.63) is 29.3 Å². The molecule has 2 rings (SSSR count). The lowest BCUT2D eigenvalue weighted by molar-refractivity contribution is -0.139. The SMILES string of the molecule is COCCN(CC(F)F)C(=O)C1CCN(S(=O)(=O)c2ccc(C)c(C)c2)CC1. The molecule has 0 aliphatic carbocycles. The van der Waals surface area contributed by atoms with Gasteiger partial charge in [0.2, 0.25) is 15.9 Å². The molecule has 1 aliphatic heterocycles. The van der Waals surface area contributed by atoms with Crippen LogP contribution in [0.4, 0.5) is 8.78 Å². The zero-order valence-electron chi connectivity index (χ0n) is 16.5. The molecule has 1 fully saturated rings. The minimum Gasteiger partial charge on any atom is -0.383 e. The largest absolute Gasteiger partial charge is 0.383 e. The van der Waals surface area contributed by atoms with Crippen LogP contribution in [-0.4, -0.2) is 69.9 Å². The van der Waals surface area contributed by atoms with Crippen molar-refractivity contribution in [1.82, 2.24) is 9.21 Å². The lowest BCUT2D eigenvalue weighted by Crippen LogP contribution is -2.46. The van der Waals surface area contributed by atoms with Crippen LogP contribution >= 0.6 is 0 Å². The Balaban J connectivity index is 2.04. The number of benzene rings is 1. The predicted octanol–water partition coefficient (Wildman–Crippen LogP) is 2.44. The molecule has 158 valence electrons. The smallest absolute Gasteiger partial charge is 0.255 e. The van der Waals surface area contributed by atoms with Gasteiger partial charge in [0.15, 0.2) is 0 Å². The first-order chi connectivity index (χ1) is 13.2. The topological polar surface area (TPSA) is 66.9 Å². The lowest BCUT2D eigenvalue weighted by Gasteiger charge is -2.33. The molecule has 0 bridgehead atoms. The highest BCUT2D eigenvalue weighted by Gasteiger charge is 2.34. The monoisotopic (exact) mass is 418 g/mol. The molecule has 0 radical (unpaired) electrons. The third-order valence-corrected chi connectivity index (χ3v) is 7.05. The molecule has 0 spiro atoms. The first-order valence-corrected chi connectivity index (χ1v) is 10.7. The molecule has 0 N–H and O–H groups in total. The maximum absolute atomic E-state index is 12.9. The van der Waals surface area contributed by atoms with E-state index in [1.165, 1.54) is 11.4 Å². The molecule has 1 aliphatic rings. The number of carbonyl (C=O) groups excluding carboxylic acids is 1. The normalized spacial score (nSPS) is 16.5. The van der Waals surface area contributed by atoms with Crippen molar-refractivity contribution in [2.24, 2.45) is 5.92 Å². The second kappa shape index (κ2) is 9.76. The summed E-state index contributed by atoms with van der Waals surface area (Å²) >= 11 is 0. The molecule has 1 aromatic rings. The summed E-state index contributed by atoms with van der Waals surface area (Å²) in [6.45, 7) is 3.80. The van der Waals surface area contributed by atoms with Gasteiger partial charge in [-0.25, -0.2) is 17.2 Å². The number of piperidine rings is 1. The third-order valence-electron chi connectivity index (χ3n) is 5.15. The van der Waals surface area contributed by atoms with Gasteiger partial charge < -0.3 is 9.64 Å². The summed E-state index contributed by atoms with van der Waals surface area (Å²) in [6, 6.07) is 5.01. The highest BCUT2D eigenvalue weighted by Crippen LogP contribution is 2.26. The number of ether oxygens (including phenoxy) is 1. The number of carbonyl (C=O) groups is 1. The number of halogens is 2. The highest BCUT2D eigenvalue weighted by molar-refractivity contribution is 7.89. The first-order valence-electron chi connectivity index (χ1n) is 9.30. The summed E-state index contributed by atoms with van der Waals surface area (Å²) in [5, 5.41) is 0. The fraction of sp³-hybridized carbons (Fsp3) is 0.632. The second-order valence-electron chi connectivity index (χ2n) is 7.09. The van der Waals surface area contributed by atoms with Crippen LogP contribution in [0.3, 0.4) is 0 Å². The predicted molar refractivity (Wildman–Crippen MR) is 102 cm³/mol. The molecular formula is C19H28F2N2O4S. The Labute approximate surface area is 165 Å². The van der Waals surface area contributed by atoms with Crippen LogP contribution < -0.4 is 0 Å². The van der Waals surface area contributed by atoms with E-state index in [9.17, 15) is 22.0 Å². The average Bonchev–Trinajstić information content (AvgIpc) is 2.66. The van der Waals surface area contributed by atoms with Crippen LogP contribution in [0, 0.1) is 19.8 Å². The third kappa shape index (κ3) is 5.48. The molecule has 1 amide bonds. The molecule has 1 heterocycles. The molecule has 0 unspecified atom stereocenters. The summed E-state index contributed by atoms with van der Waals surface area (Å²) < 4.78 is 57.6. The summed E-state index contributed by atoms with van der Waals surface area (Å²) in [4.78, 5) is 14.0. The van der Waals surface area contributed by atoms with Gasteiger partial charge in [-0.15, -0.1) is 0 Å². The van der Waals surface area contributed by atoms with Gasteiger partial charge in [-0.05, 0) is 49.9 Å². The Morgan fingerprint density at radius 3 is 2.43 bits per heavy atom. The quantitative estimate of drug-likeness (QED) is 0.650. The van der Waals surface area contributed by atoms with Gasteiger partial charge in [0.1, 0.15) is 0 Å². The summed E-state index contributed by atoms with van der Waals surface area (Å²) in [6.07, 6.45) is -1.99. The average molecular weight is 419 g/mol. The fourth-order valence-electron chi connectivity index (χ4n) is 3.28. The Morgan fingerprint density at radius 1 is 1.25 bits per heavy atom. The number of hydrogen-bond donors (Lipinski definition) is 0. The molecule has 28 heavy (non-hydrogen) atoms. The number of rotatable bonds is 8. The molecule has 1 aromatic carbocycles. The van der Waals surface area contributed by atoms with Crippen molar-refractivity contribution in [3.8, 4) is 0 Å². The maximum atomic E-state index is 12.9. The second-order valence-corrected chi connectivity index (χ2v) is 9.03.